The summed E-state index contributed by atoms with van der Waals surface area (Å²) in [6, 6.07) is 7.12. The Bertz CT molecular complexity index is 387. The fourth-order valence-electron chi connectivity index (χ4n) is 0.894. The van der Waals surface area contributed by atoms with Gasteiger partial charge in [-0.05, 0) is 12.1 Å². The molecule has 5 heteroatoms. The van der Waals surface area contributed by atoms with Gasteiger partial charge in [-0.25, -0.2) is 9.18 Å². The molecule has 0 fully saturated rings. The first-order valence-corrected chi connectivity index (χ1v) is 4.30. The highest BCUT2D eigenvalue weighted by atomic mass is 19.1. The first-order valence-electron chi connectivity index (χ1n) is 4.30. The van der Waals surface area contributed by atoms with Crippen molar-refractivity contribution in [2.75, 3.05) is 6.54 Å². The Morgan fingerprint density at radius 1 is 1.60 bits per heavy atom. The summed E-state index contributed by atoms with van der Waals surface area (Å²) < 4.78 is 17.4. The zero-order valence-corrected chi connectivity index (χ0v) is 7.87. The van der Waals surface area contributed by atoms with Gasteiger partial charge in [-0.2, -0.15) is 5.26 Å². The number of nitrogens with one attached hydrogen (secondary N) is 1. The number of amides is 1. The van der Waals surface area contributed by atoms with E-state index in [4.69, 9.17) is 10.00 Å². The maximum Gasteiger partial charge on any atom is 0.412 e. The smallest absolute Gasteiger partial charge is 0.410 e. The fraction of sp³-hybridized carbons (Fsp3) is 0.200. The van der Waals surface area contributed by atoms with Crippen LogP contribution in [0.5, 0.6) is 5.75 Å². The summed E-state index contributed by atoms with van der Waals surface area (Å²) in [5, 5.41) is 10.6. The Kier molecular flexibility index (Phi) is 4.10. The normalized spacial score (nSPS) is 9.07. The molecular formula is C10H9FN2O2. The van der Waals surface area contributed by atoms with E-state index < -0.39 is 11.9 Å². The molecule has 15 heavy (non-hydrogen) atoms. The summed E-state index contributed by atoms with van der Waals surface area (Å²) in [5.41, 5.74) is 0. The van der Waals surface area contributed by atoms with Crippen LogP contribution in [0.15, 0.2) is 24.3 Å². The Hall–Kier alpha value is -2.09. The Balaban J connectivity index is 2.42. The van der Waals surface area contributed by atoms with Gasteiger partial charge in [0, 0.05) is 12.6 Å². The average molecular weight is 208 g/mol. The van der Waals surface area contributed by atoms with Crippen molar-refractivity contribution in [3.63, 3.8) is 0 Å². The molecule has 0 aliphatic heterocycles. The van der Waals surface area contributed by atoms with Crippen LogP contribution in [0.25, 0.3) is 0 Å². The van der Waals surface area contributed by atoms with Gasteiger partial charge in [-0.15, -0.1) is 0 Å². The van der Waals surface area contributed by atoms with E-state index in [-0.39, 0.29) is 18.7 Å². The molecule has 1 aromatic rings. The van der Waals surface area contributed by atoms with Crippen LogP contribution in [0, 0.1) is 17.1 Å². The van der Waals surface area contributed by atoms with Crippen molar-refractivity contribution in [3.8, 4) is 11.8 Å². The Morgan fingerprint density at radius 3 is 3.07 bits per heavy atom. The number of halogens is 1. The van der Waals surface area contributed by atoms with Gasteiger partial charge >= 0.3 is 6.09 Å². The van der Waals surface area contributed by atoms with Gasteiger partial charge in [0.25, 0.3) is 0 Å². The summed E-state index contributed by atoms with van der Waals surface area (Å²) in [6.07, 6.45) is -0.492. The van der Waals surface area contributed by atoms with Crippen molar-refractivity contribution in [3.05, 3.63) is 30.1 Å². The summed E-state index contributed by atoms with van der Waals surface area (Å²) in [5.74, 6) is -0.346. The lowest BCUT2D eigenvalue weighted by Crippen LogP contribution is -2.27. The fourth-order valence-corrected chi connectivity index (χ4v) is 0.894. The van der Waals surface area contributed by atoms with Crippen LogP contribution >= 0.6 is 0 Å². The molecule has 1 aromatic carbocycles. The first-order chi connectivity index (χ1) is 7.22. The van der Waals surface area contributed by atoms with Crippen molar-refractivity contribution in [2.24, 2.45) is 0 Å². The topological polar surface area (TPSA) is 62.1 Å². The number of nitriles is 1. The highest BCUT2D eigenvalue weighted by Crippen LogP contribution is 2.11. The number of hydrogen-bond acceptors (Lipinski definition) is 3. The molecule has 1 amide bonds. The molecule has 1 N–H and O–H groups in total. The third-order valence-corrected chi connectivity index (χ3v) is 1.51. The van der Waals surface area contributed by atoms with Crippen molar-refractivity contribution in [1.82, 2.24) is 5.32 Å². The SMILES string of the molecule is N#CCCNC(=O)Oc1cccc(F)c1. The number of ether oxygens (including phenoxy) is 1. The van der Waals surface area contributed by atoms with E-state index in [1.54, 1.807) is 0 Å². The minimum absolute atomic E-state index is 0.129. The predicted molar refractivity (Wildman–Crippen MR) is 50.7 cm³/mol. The molecule has 0 spiro atoms. The predicted octanol–water partition coefficient (Wildman–Crippen LogP) is 1.83. The summed E-state index contributed by atoms with van der Waals surface area (Å²) in [7, 11) is 0. The van der Waals surface area contributed by atoms with E-state index in [0.717, 1.165) is 6.07 Å². The van der Waals surface area contributed by atoms with Crippen molar-refractivity contribution < 1.29 is 13.9 Å². The molecule has 0 atom stereocenters. The van der Waals surface area contributed by atoms with E-state index in [1.165, 1.54) is 18.2 Å². The van der Waals surface area contributed by atoms with Crippen LogP contribution in [0.3, 0.4) is 0 Å². The molecule has 4 nitrogen and oxygen atoms in total. The minimum atomic E-state index is -0.698. The van der Waals surface area contributed by atoms with Gasteiger partial charge in [0.2, 0.25) is 0 Å². The maximum absolute atomic E-state index is 12.7. The van der Waals surface area contributed by atoms with Gasteiger partial charge in [-0.3, -0.25) is 0 Å². The number of hydrogen-bond donors (Lipinski definition) is 1. The molecule has 0 bridgehead atoms. The molecule has 0 saturated heterocycles. The number of carbonyl (C=O) groups is 1. The van der Waals surface area contributed by atoms with Crippen molar-refractivity contribution in [2.45, 2.75) is 6.42 Å². The molecule has 0 unspecified atom stereocenters. The highest BCUT2D eigenvalue weighted by Gasteiger charge is 2.03. The molecule has 0 radical (unpaired) electrons. The molecule has 78 valence electrons. The van der Waals surface area contributed by atoms with Gasteiger partial charge in [0.05, 0.1) is 12.5 Å². The van der Waals surface area contributed by atoms with Crippen LogP contribution < -0.4 is 10.1 Å². The van der Waals surface area contributed by atoms with E-state index in [9.17, 15) is 9.18 Å². The van der Waals surface area contributed by atoms with Gasteiger partial charge in [0.1, 0.15) is 11.6 Å². The number of carbonyl (C=O) groups excluding carboxylic acids is 1. The van der Waals surface area contributed by atoms with E-state index in [1.807, 2.05) is 6.07 Å². The third-order valence-electron chi connectivity index (χ3n) is 1.51. The highest BCUT2D eigenvalue weighted by molar-refractivity contribution is 5.70. The quantitative estimate of drug-likeness (QED) is 0.771. The van der Waals surface area contributed by atoms with Gasteiger partial charge in [0.15, 0.2) is 0 Å². The van der Waals surface area contributed by atoms with Crippen LogP contribution in [0.1, 0.15) is 6.42 Å². The molecule has 0 heterocycles. The van der Waals surface area contributed by atoms with E-state index in [0.29, 0.717) is 0 Å². The molecular weight excluding hydrogens is 199 g/mol. The van der Waals surface area contributed by atoms with E-state index in [2.05, 4.69) is 5.32 Å². The minimum Gasteiger partial charge on any atom is -0.410 e. The molecule has 1 rings (SSSR count). The van der Waals surface area contributed by atoms with Crippen LogP contribution in [-0.4, -0.2) is 12.6 Å². The van der Waals surface area contributed by atoms with Crippen LogP contribution in [0.2, 0.25) is 0 Å². The maximum atomic E-state index is 12.7. The summed E-state index contributed by atoms with van der Waals surface area (Å²) in [4.78, 5) is 11.0. The first kappa shape index (κ1) is 11.0. The second-order valence-corrected chi connectivity index (χ2v) is 2.68. The van der Waals surface area contributed by atoms with E-state index >= 15 is 0 Å². The van der Waals surface area contributed by atoms with Gasteiger partial charge < -0.3 is 10.1 Å². The molecule has 0 aromatic heterocycles. The Labute approximate surface area is 86.3 Å². The lowest BCUT2D eigenvalue weighted by atomic mass is 10.3. The standard InChI is InChI=1S/C10H9FN2O2/c11-8-3-1-4-9(7-8)15-10(14)13-6-2-5-12/h1,3-4,7H,2,6H2,(H,13,14). The number of rotatable bonds is 3. The van der Waals surface area contributed by atoms with Crippen molar-refractivity contribution in [1.29, 1.82) is 5.26 Å². The third kappa shape index (κ3) is 4.09. The summed E-state index contributed by atoms with van der Waals surface area (Å²) in [6.45, 7) is 0.213. The second-order valence-electron chi connectivity index (χ2n) is 2.68. The average Bonchev–Trinajstić information content (AvgIpc) is 2.18. The zero-order valence-electron chi connectivity index (χ0n) is 7.87. The number of nitrogens with zero attached hydrogens (tertiary/aromatic N) is 1. The van der Waals surface area contributed by atoms with Crippen molar-refractivity contribution >= 4 is 6.09 Å². The monoisotopic (exact) mass is 208 g/mol. The van der Waals surface area contributed by atoms with Gasteiger partial charge in [-0.1, -0.05) is 6.07 Å². The molecule has 0 aliphatic carbocycles. The zero-order chi connectivity index (χ0) is 11.1. The Morgan fingerprint density at radius 2 is 2.40 bits per heavy atom. The molecule has 0 aliphatic rings. The molecule has 0 saturated carbocycles. The lowest BCUT2D eigenvalue weighted by molar-refractivity contribution is 0.200. The summed E-state index contributed by atoms with van der Waals surface area (Å²) >= 11 is 0. The van der Waals surface area contributed by atoms with Crippen LogP contribution in [0.4, 0.5) is 9.18 Å². The lowest BCUT2D eigenvalue weighted by Gasteiger charge is -2.04. The number of benzene rings is 1. The second kappa shape index (κ2) is 5.60. The largest absolute Gasteiger partial charge is 0.412 e. The van der Waals surface area contributed by atoms with Crippen LogP contribution in [-0.2, 0) is 0 Å².